The van der Waals surface area contributed by atoms with E-state index in [1.54, 1.807) is 17.5 Å². The lowest BCUT2D eigenvalue weighted by atomic mass is 10.3. The van der Waals surface area contributed by atoms with Crippen molar-refractivity contribution in [2.75, 3.05) is 40.4 Å². The number of carbonyl (C=O) groups is 2. The van der Waals surface area contributed by atoms with E-state index in [1.165, 1.54) is 24.6 Å². The largest absolute Gasteiger partial charge is 0.465 e. The first-order valence-corrected chi connectivity index (χ1v) is 11.2. The number of rotatable bonds is 6. The lowest BCUT2D eigenvalue weighted by Crippen LogP contribution is -2.35. The van der Waals surface area contributed by atoms with E-state index in [-0.39, 0.29) is 22.1 Å². The van der Waals surface area contributed by atoms with Crippen LogP contribution in [0, 0.1) is 0 Å². The number of esters is 2. The molecule has 3 heterocycles. The molecule has 0 aromatic carbocycles. The zero-order valence-electron chi connectivity index (χ0n) is 16.1. The molecule has 0 spiro atoms. The number of ether oxygens (including phenoxy) is 2. The fourth-order valence-corrected chi connectivity index (χ4v) is 5.90. The third kappa shape index (κ3) is 4.69. The molecule has 0 amide bonds. The predicted molar refractivity (Wildman–Crippen MR) is 104 cm³/mol. The van der Waals surface area contributed by atoms with Gasteiger partial charge in [0, 0.05) is 19.6 Å². The number of furan rings is 1. The summed E-state index contributed by atoms with van der Waals surface area (Å²) in [6.07, 6.45) is 0.626. The standard InChI is InChI=1S/C18H22N2O7S2/c1-25-17(21)14-5-4-13(27-14)12-19-7-3-8-20(10-9-19)29(23,24)15-6-11-28-16(15)18(22)26-2/h4-6,11H,3,7-10,12H2,1-2H3. The monoisotopic (exact) mass is 442 g/mol. The van der Waals surface area contributed by atoms with Gasteiger partial charge in [-0.25, -0.2) is 18.0 Å². The van der Waals surface area contributed by atoms with E-state index >= 15 is 0 Å². The molecule has 29 heavy (non-hydrogen) atoms. The molecule has 0 atom stereocenters. The van der Waals surface area contributed by atoms with Gasteiger partial charge in [0.15, 0.2) is 0 Å². The maximum Gasteiger partial charge on any atom is 0.373 e. The van der Waals surface area contributed by atoms with E-state index in [4.69, 9.17) is 4.42 Å². The van der Waals surface area contributed by atoms with E-state index in [2.05, 4.69) is 14.4 Å². The molecule has 1 aliphatic rings. The lowest BCUT2D eigenvalue weighted by molar-refractivity contribution is 0.0559. The molecule has 0 unspecified atom stereocenters. The van der Waals surface area contributed by atoms with Crippen LogP contribution in [0.15, 0.2) is 32.9 Å². The van der Waals surface area contributed by atoms with Crippen molar-refractivity contribution in [2.45, 2.75) is 17.9 Å². The van der Waals surface area contributed by atoms with Crippen molar-refractivity contribution >= 4 is 33.3 Å². The normalized spacial score (nSPS) is 16.3. The Morgan fingerprint density at radius 3 is 2.55 bits per heavy atom. The van der Waals surface area contributed by atoms with Crippen LogP contribution in [-0.2, 0) is 26.0 Å². The van der Waals surface area contributed by atoms with Gasteiger partial charge in [-0.2, -0.15) is 4.31 Å². The lowest BCUT2D eigenvalue weighted by Gasteiger charge is -2.21. The molecule has 1 fully saturated rings. The van der Waals surface area contributed by atoms with Gasteiger partial charge in [-0.15, -0.1) is 11.3 Å². The van der Waals surface area contributed by atoms with Gasteiger partial charge >= 0.3 is 11.9 Å². The van der Waals surface area contributed by atoms with Crippen molar-refractivity contribution in [1.82, 2.24) is 9.21 Å². The summed E-state index contributed by atoms with van der Waals surface area (Å²) in [4.78, 5) is 25.5. The van der Waals surface area contributed by atoms with E-state index in [9.17, 15) is 18.0 Å². The molecule has 0 N–H and O–H groups in total. The Morgan fingerprint density at radius 2 is 1.83 bits per heavy atom. The molecule has 0 radical (unpaired) electrons. The topological polar surface area (TPSA) is 106 Å². The second kappa shape index (κ2) is 9.08. The average Bonchev–Trinajstić information content (AvgIpc) is 3.33. The second-order valence-electron chi connectivity index (χ2n) is 6.40. The molecule has 0 aliphatic carbocycles. The van der Waals surface area contributed by atoms with E-state index in [0.29, 0.717) is 38.4 Å². The molecular weight excluding hydrogens is 420 g/mol. The summed E-state index contributed by atoms with van der Waals surface area (Å²) < 4.78 is 42.3. The third-order valence-corrected chi connectivity index (χ3v) is 7.56. The van der Waals surface area contributed by atoms with Gasteiger partial charge in [0.1, 0.15) is 15.5 Å². The molecule has 0 saturated carbocycles. The fraction of sp³-hybridized carbons (Fsp3) is 0.444. The molecule has 2 aromatic heterocycles. The highest BCUT2D eigenvalue weighted by atomic mass is 32.2. The average molecular weight is 443 g/mol. The minimum atomic E-state index is -3.80. The summed E-state index contributed by atoms with van der Waals surface area (Å²) in [5.74, 6) is -0.461. The molecule has 11 heteroatoms. The van der Waals surface area contributed by atoms with Gasteiger partial charge in [0.2, 0.25) is 15.8 Å². The smallest absolute Gasteiger partial charge is 0.373 e. The first kappa shape index (κ1) is 21.5. The highest BCUT2D eigenvalue weighted by Gasteiger charge is 2.32. The van der Waals surface area contributed by atoms with Crippen LogP contribution < -0.4 is 0 Å². The first-order valence-electron chi connectivity index (χ1n) is 8.92. The zero-order chi connectivity index (χ0) is 21.0. The van der Waals surface area contributed by atoms with Gasteiger partial charge in [-0.05, 0) is 36.5 Å². The van der Waals surface area contributed by atoms with Crippen molar-refractivity contribution in [3.05, 3.63) is 40.0 Å². The van der Waals surface area contributed by atoms with Crippen LogP contribution >= 0.6 is 11.3 Å². The van der Waals surface area contributed by atoms with Crippen molar-refractivity contribution < 1.29 is 31.9 Å². The minimum absolute atomic E-state index is 0.0171. The number of hydrogen-bond acceptors (Lipinski definition) is 9. The molecule has 158 valence electrons. The molecule has 1 aliphatic heterocycles. The maximum absolute atomic E-state index is 13.1. The van der Waals surface area contributed by atoms with Crippen LogP contribution in [0.2, 0.25) is 0 Å². The van der Waals surface area contributed by atoms with Crippen LogP contribution in [0.1, 0.15) is 32.4 Å². The molecule has 1 saturated heterocycles. The Morgan fingerprint density at radius 1 is 1.07 bits per heavy atom. The SMILES string of the molecule is COC(=O)c1ccc(CN2CCCN(S(=O)(=O)c3ccsc3C(=O)OC)CC2)o1. The van der Waals surface area contributed by atoms with E-state index < -0.39 is 22.0 Å². The van der Waals surface area contributed by atoms with E-state index in [0.717, 1.165) is 11.3 Å². The van der Waals surface area contributed by atoms with Crippen LogP contribution in [0.25, 0.3) is 0 Å². The number of hydrogen-bond donors (Lipinski definition) is 0. The quantitative estimate of drug-likeness (QED) is 0.624. The Hall–Kier alpha value is -2.21. The number of thiophene rings is 1. The van der Waals surface area contributed by atoms with Crippen LogP contribution in [-0.4, -0.2) is 70.0 Å². The maximum atomic E-state index is 13.1. The first-order chi connectivity index (χ1) is 13.9. The van der Waals surface area contributed by atoms with Crippen molar-refractivity contribution in [3.63, 3.8) is 0 Å². The third-order valence-electron chi connectivity index (χ3n) is 4.59. The second-order valence-corrected chi connectivity index (χ2v) is 9.22. The van der Waals surface area contributed by atoms with Gasteiger partial charge in [0.05, 0.1) is 20.8 Å². The molecule has 9 nitrogen and oxygen atoms in total. The van der Waals surface area contributed by atoms with Crippen molar-refractivity contribution in [1.29, 1.82) is 0 Å². The highest BCUT2D eigenvalue weighted by molar-refractivity contribution is 7.89. The summed E-state index contributed by atoms with van der Waals surface area (Å²) in [5.41, 5.74) is 0. The van der Waals surface area contributed by atoms with Gasteiger partial charge in [0.25, 0.3) is 0 Å². The fourth-order valence-electron chi connectivity index (χ4n) is 3.12. The number of methoxy groups -OCH3 is 2. The van der Waals surface area contributed by atoms with Gasteiger partial charge in [-0.3, -0.25) is 4.90 Å². The summed E-state index contributed by atoms with van der Waals surface area (Å²) in [6, 6.07) is 4.70. The number of carbonyl (C=O) groups excluding carboxylic acids is 2. The summed E-state index contributed by atoms with van der Waals surface area (Å²) in [6.45, 7) is 2.25. The van der Waals surface area contributed by atoms with Gasteiger partial charge < -0.3 is 13.9 Å². The van der Waals surface area contributed by atoms with Gasteiger partial charge in [-0.1, -0.05) is 0 Å². The van der Waals surface area contributed by atoms with E-state index in [1.807, 2.05) is 0 Å². The molecule has 3 rings (SSSR count). The number of sulfonamides is 1. The van der Waals surface area contributed by atoms with Crippen LogP contribution in [0.4, 0.5) is 0 Å². The summed E-state index contributed by atoms with van der Waals surface area (Å²) >= 11 is 1.05. The Balaban J connectivity index is 1.68. The Kier molecular flexibility index (Phi) is 6.73. The summed E-state index contributed by atoms with van der Waals surface area (Å²) in [5, 5.41) is 1.57. The molecular formula is C18H22N2O7S2. The molecule has 0 bridgehead atoms. The van der Waals surface area contributed by atoms with Crippen molar-refractivity contribution in [2.24, 2.45) is 0 Å². The predicted octanol–water partition coefficient (Wildman–Crippen LogP) is 1.81. The van der Waals surface area contributed by atoms with Crippen LogP contribution in [0.3, 0.4) is 0 Å². The zero-order valence-corrected chi connectivity index (χ0v) is 17.8. The Labute approximate surface area is 172 Å². The highest BCUT2D eigenvalue weighted by Crippen LogP contribution is 2.27. The number of nitrogens with zero attached hydrogens (tertiary/aromatic N) is 2. The van der Waals surface area contributed by atoms with Crippen molar-refractivity contribution in [3.8, 4) is 0 Å². The van der Waals surface area contributed by atoms with Crippen LogP contribution in [0.5, 0.6) is 0 Å². The minimum Gasteiger partial charge on any atom is -0.465 e. The summed E-state index contributed by atoms with van der Waals surface area (Å²) in [7, 11) is -1.29. The molecule has 2 aromatic rings. The Bertz CT molecular complexity index is 980.